The number of aryl methyl sites for hydroxylation is 1. The first-order chi connectivity index (χ1) is 8.54. The highest BCUT2D eigenvalue weighted by atomic mass is 79.9. The van der Waals surface area contributed by atoms with Crippen molar-refractivity contribution >= 4 is 15.9 Å². The van der Waals surface area contributed by atoms with Crippen molar-refractivity contribution in [1.29, 1.82) is 0 Å². The van der Waals surface area contributed by atoms with Gasteiger partial charge in [-0.15, -0.1) is 0 Å². The van der Waals surface area contributed by atoms with Crippen LogP contribution in [0.15, 0.2) is 28.9 Å². The first-order valence-corrected chi connectivity index (χ1v) is 6.23. The molecule has 0 radical (unpaired) electrons. The smallest absolute Gasteiger partial charge is 0.128 e. The van der Waals surface area contributed by atoms with E-state index >= 15 is 0 Å². The summed E-state index contributed by atoms with van der Waals surface area (Å²) in [7, 11) is 1.84. The minimum Gasteiger partial charge on any atom is -0.273 e. The minimum absolute atomic E-state index is 0.301. The lowest BCUT2D eigenvalue weighted by molar-refractivity contribution is 0.557. The molecule has 0 aliphatic carbocycles. The van der Waals surface area contributed by atoms with Crippen LogP contribution in [0, 0.1) is 12.7 Å². The summed E-state index contributed by atoms with van der Waals surface area (Å²) in [4.78, 5) is 0. The summed E-state index contributed by atoms with van der Waals surface area (Å²) >= 11 is 3.33. The van der Waals surface area contributed by atoms with Gasteiger partial charge in [0, 0.05) is 28.3 Å². The molecule has 0 saturated heterocycles. The van der Waals surface area contributed by atoms with Crippen LogP contribution in [-0.2, 0) is 7.05 Å². The molecule has 0 bridgehead atoms. The van der Waals surface area contributed by atoms with Crippen LogP contribution in [0.25, 0.3) is 0 Å². The second kappa shape index (κ2) is 5.17. The van der Waals surface area contributed by atoms with Gasteiger partial charge in [0.1, 0.15) is 5.82 Å². The van der Waals surface area contributed by atoms with Gasteiger partial charge < -0.3 is 0 Å². The fourth-order valence-electron chi connectivity index (χ4n) is 1.88. The Morgan fingerprint density at radius 1 is 1.44 bits per heavy atom. The topological polar surface area (TPSA) is 55.9 Å². The van der Waals surface area contributed by atoms with Crippen molar-refractivity contribution in [3.05, 3.63) is 51.5 Å². The molecule has 4 nitrogen and oxygen atoms in total. The van der Waals surface area contributed by atoms with Crippen LogP contribution < -0.4 is 11.3 Å². The van der Waals surface area contributed by atoms with Crippen molar-refractivity contribution < 1.29 is 4.39 Å². The predicted octanol–water partition coefficient (Wildman–Crippen LogP) is 2.18. The molecule has 0 fully saturated rings. The second-order valence-corrected chi connectivity index (χ2v) is 4.99. The number of benzene rings is 1. The summed E-state index contributed by atoms with van der Waals surface area (Å²) in [6.45, 7) is 1.92. The fraction of sp³-hybridized carbons (Fsp3) is 0.250. The van der Waals surface area contributed by atoms with E-state index in [0.717, 1.165) is 15.7 Å². The van der Waals surface area contributed by atoms with Crippen molar-refractivity contribution in [2.75, 3.05) is 0 Å². The summed E-state index contributed by atoms with van der Waals surface area (Å²) < 4.78 is 16.4. The highest BCUT2D eigenvalue weighted by molar-refractivity contribution is 9.10. The Kier molecular flexibility index (Phi) is 3.79. The highest BCUT2D eigenvalue weighted by Gasteiger charge is 2.20. The molecule has 1 atom stereocenters. The number of hydrazine groups is 1. The molecule has 1 unspecified atom stereocenters. The molecule has 6 heteroatoms. The molecule has 0 amide bonds. The number of hydrogen-bond donors (Lipinski definition) is 2. The first-order valence-electron chi connectivity index (χ1n) is 5.44. The van der Waals surface area contributed by atoms with Crippen molar-refractivity contribution in [3.8, 4) is 0 Å². The molecule has 1 aromatic carbocycles. The van der Waals surface area contributed by atoms with Gasteiger partial charge >= 0.3 is 0 Å². The average molecular weight is 313 g/mol. The monoisotopic (exact) mass is 312 g/mol. The summed E-state index contributed by atoms with van der Waals surface area (Å²) in [5.74, 6) is 5.26. The fourth-order valence-corrected chi connectivity index (χ4v) is 2.26. The van der Waals surface area contributed by atoms with E-state index in [1.165, 1.54) is 6.07 Å². The maximum absolute atomic E-state index is 13.9. The molecule has 1 heterocycles. The quantitative estimate of drug-likeness (QED) is 0.674. The minimum atomic E-state index is -0.420. The van der Waals surface area contributed by atoms with E-state index in [4.69, 9.17) is 5.84 Å². The summed E-state index contributed by atoms with van der Waals surface area (Å²) in [5.41, 5.74) is 4.93. The zero-order chi connectivity index (χ0) is 13.3. The van der Waals surface area contributed by atoms with Crippen LogP contribution in [0.5, 0.6) is 0 Å². The van der Waals surface area contributed by atoms with Crippen molar-refractivity contribution in [1.82, 2.24) is 15.2 Å². The Balaban J connectivity index is 2.51. The van der Waals surface area contributed by atoms with E-state index in [9.17, 15) is 4.39 Å². The maximum Gasteiger partial charge on any atom is 0.128 e. The lowest BCUT2D eigenvalue weighted by Gasteiger charge is -2.17. The third-order valence-corrected chi connectivity index (χ3v) is 3.51. The second-order valence-electron chi connectivity index (χ2n) is 4.07. The summed E-state index contributed by atoms with van der Waals surface area (Å²) in [6.07, 6.45) is 1.69. The standard InChI is InChI=1S/C12H14BrFN4/c1-7-10(6-16-18(7)2)12(17-15)9-5-8(13)3-4-11(9)14/h3-6,12,17H,15H2,1-2H3. The molecule has 96 valence electrons. The number of rotatable bonds is 3. The summed E-state index contributed by atoms with van der Waals surface area (Å²) in [5, 5.41) is 4.15. The SMILES string of the molecule is Cc1c(C(NN)c2cc(Br)ccc2F)cnn1C. The van der Waals surface area contributed by atoms with Crippen molar-refractivity contribution in [2.24, 2.45) is 12.9 Å². The van der Waals surface area contributed by atoms with Crippen LogP contribution in [-0.4, -0.2) is 9.78 Å². The van der Waals surface area contributed by atoms with E-state index in [2.05, 4.69) is 26.5 Å². The molecule has 18 heavy (non-hydrogen) atoms. The van der Waals surface area contributed by atoms with Crippen LogP contribution in [0.2, 0.25) is 0 Å². The van der Waals surface area contributed by atoms with Gasteiger partial charge in [0.05, 0.1) is 12.2 Å². The molecular weight excluding hydrogens is 299 g/mol. The molecule has 2 aromatic rings. The Bertz CT molecular complexity index is 567. The first kappa shape index (κ1) is 13.2. The van der Waals surface area contributed by atoms with Crippen LogP contribution in [0.3, 0.4) is 0 Å². The Hall–Kier alpha value is -1.24. The van der Waals surface area contributed by atoms with Gasteiger partial charge in [-0.1, -0.05) is 15.9 Å². The van der Waals surface area contributed by atoms with Gasteiger partial charge in [-0.05, 0) is 25.1 Å². The normalized spacial score (nSPS) is 12.7. The third-order valence-electron chi connectivity index (χ3n) is 3.02. The van der Waals surface area contributed by atoms with Gasteiger partial charge in [0.2, 0.25) is 0 Å². The predicted molar refractivity (Wildman–Crippen MR) is 71.2 cm³/mol. The molecule has 0 aliphatic heterocycles. The molecule has 1 aromatic heterocycles. The summed E-state index contributed by atoms with van der Waals surface area (Å²) in [6, 6.07) is 4.36. The molecule has 0 saturated carbocycles. The van der Waals surface area contributed by atoms with Gasteiger partial charge in [-0.3, -0.25) is 10.5 Å². The van der Waals surface area contributed by atoms with Crippen LogP contribution >= 0.6 is 15.9 Å². The van der Waals surface area contributed by atoms with E-state index in [1.807, 2.05) is 14.0 Å². The maximum atomic E-state index is 13.9. The van der Waals surface area contributed by atoms with Crippen LogP contribution in [0.4, 0.5) is 4.39 Å². The lowest BCUT2D eigenvalue weighted by atomic mass is 9.99. The number of nitrogens with zero attached hydrogens (tertiary/aromatic N) is 2. The molecule has 3 N–H and O–H groups in total. The number of aromatic nitrogens is 2. The zero-order valence-electron chi connectivity index (χ0n) is 10.1. The number of halogens is 2. The Morgan fingerprint density at radius 3 is 2.72 bits per heavy atom. The Morgan fingerprint density at radius 2 is 2.17 bits per heavy atom. The molecule has 0 spiro atoms. The van der Waals surface area contributed by atoms with Crippen molar-refractivity contribution in [2.45, 2.75) is 13.0 Å². The largest absolute Gasteiger partial charge is 0.273 e. The van der Waals surface area contributed by atoms with E-state index in [0.29, 0.717) is 5.56 Å². The average Bonchev–Trinajstić information content (AvgIpc) is 2.67. The van der Waals surface area contributed by atoms with E-state index in [-0.39, 0.29) is 5.82 Å². The van der Waals surface area contributed by atoms with Crippen LogP contribution in [0.1, 0.15) is 22.9 Å². The highest BCUT2D eigenvalue weighted by Crippen LogP contribution is 2.28. The lowest BCUT2D eigenvalue weighted by Crippen LogP contribution is -2.30. The number of hydrogen-bond acceptors (Lipinski definition) is 3. The van der Waals surface area contributed by atoms with Gasteiger partial charge in [-0.25, -0.2) is 9.82 Å². The third kappa shape index (κ3) is 2.31. The molecule has 2 rings (SSSR count). The van der Waals surface area contributed by atoms with E-state index < -0.39 is 6.04 Å². The molecule has 0 aliphatic rings. The van der Waals surface area contributed by atoms with E-state index in [1.54, 1.807) is 23.0 Å². The van der Waals surface area contributed by atoms with Crippen molar-refractivity contribution in [3.63, 3.8) is 0 Å². The number of nitrogens with two attached hydrogens (primary N) is 1. The number of nitrogens with one attached hydrogen (secondary N) is 1. The Labute approximate surface area is 113 Å². The molecular formula is C12H14BrFN4. The van der Waals surface area contributed by atoms with Gasteiger partial charge in [-0.2, -0.15) is 5.10 Å². The van der Waals surface area contributed by atoms with Gasteiger partial charge in [0.25, 0.3) is 0 Å². The zero-order valence-corrected chi connectivity index (χ0v) is 11.7. The van der Waals surface area contributed by atoms with Gasteiger partial charge in [0.15, 0.2) is 0 Å².